The van der Waals surface area contributed by atoms with Gasteiger partial charge in [-0.25, -0.2) is 8.42 Å². The molecule has 0 spiro atoms. The fourth-order valence-electron chi connectivity index (χ4n) is 2.87. The zero-order valence-electron chi connectivity index (χ0n) is 13.6. The lowest BCUT2D eigenvalue weighted by Gasteiger charge is -2.27. The van der Waals surface area contributed by atoms with Crippen LogP contribution in [0.2, 0.25) is 5.02 Å². The number of nitrogens with one attached hydrogen (secondary N) is 1. The lowest BCUT2D eigenvalue weighted by Crippen LogP contribution is -2.44. The first-order valence-corrected chi connectivity index (χ1v) is 10.1. The highest BCUT2D eigenvalue weighted by atomic mass is 35.5. The molecule has 1 N–H and O–H groups in total. The summed E-state index contributed by atoms with van der Waals surface area (Å²) in [5.74, 6) is 0.114. The van der Waals surface area contributed by atoms with Crippen molar-refractivity contribution in [1.82, 2.24) is 5.32 Å². The molecule has 6 heteroatoms. The average Bonchev–Trinajstić information content (AvgIpc) is 2.48. The molecule has 1 aromatic carbocycles. The number of halogens is 1. The Balaban J connectivity index is 1.97. The Morgan fingerprint density at radius 3 is 2.57 bits per heavy atom. The molecule has 128 valence electrons. The minimum Gasteiger partial charge on any atom is -0.352 e. The first-order valence-electron chi connectivity index (χ1n) is 8.04. The van der Waals surface area contributed by atoms with Gasteiger partial charge >= 0.3 is 0 Å². The van der Waals surface area contributed by atoms with E-state index in [-0.39, 0.29) is 11.8 Å². The summed E-state index contributed by atoms with van der Waals surface area (Å²) in [7, 11) is -3.56. The SMILES string of the molecule is CC1CCC(NC(=O)[C@H](C)S(=O)(=O)Cc2cccc(Cl)c2)CC1. The highest BCUT2D eigenvalue weighted by Crippen LogP contribution is 2.24. The summed E-state index contributed by atoms with van der Waals surface area (Å²) in [6, 6.07) is 6.82. The Morgan fingerprint density at radius 2 is 1.96 bits per heavy atom. The van der Waals surface area contributed by atoms with Crippen molar-refractivity contribution in [2.45, 2.75) is 56.6 Å². The molecule has 0 saturated heterocycles. The van der Waals surface area contributed by atoms with Gasteiger partial charge in [-0.2, -0.15) is 0 Å². The van der Waals surface area contributed by atoms with Crippen LogP contribution in [0, 0.1) is 5.92 Å². The maximum atomic E-state index is 12.4. The third-order valence-electron chi connectivity index (χ3n) is 4.53. The monoisotopic (exact) mass is 357 g/mol. The van der Waals surface area contributed by atoms with E-state index in [0.29, 0.717) is 16.5 Å². The summed E-state index contributed by atoms with van der Waals surface area (Å²) >= 11 is 5.88. The molecule has 0 radical (unpaired) electrons. The molecular weight excluding hydrogens is 334 g/mol. The summed E-state index contributed by atoms with van der Waals surface area (Å²) in [4.78, 5) is 12.3. The predicted octanol–water partition coefficient (Wildman–Crippen LogP) is 3.34. The van der Waals surface area contributed by atoms with E-state index in [0.717, 1.165) is 25.7 Å². The first-order chi connectivity index (χ1) is 10.8. The van der Waals surface area contributed by atoms with Gasteiger partial charge in [-0.15, -0.1) is 0 Å². The van der Waals surface area contributed by atoms with Gasteiger partial charge in [0, 0.05) is 11.1 Å². The van der Waals surface area contributed by atoms with Gasteiger partial charge in [-0.3, -0.25) is 4.79 Å². The Labute approximate surface area is 143 Å². The van der Waals surface area contributed by atoms with Crippen molar-refractivity contribution in [3.8, 4) is 0 Å². The minimum absolute atomic E-state index is 0.0996. The molecule has 1 atom stereocenters. The molecular formula is C17H24ClNO3S. The van der Waals surface area contributed by atoms with Crippen molar-refractivity contribution in [3.05, 3.63) is 34.9 Å². The van der Waals surface area contributed by atoms with E-state index in [9.17, 15) is 13.2 Å². The fraction of sp³-hybridized carbons (Fsp3) is 0.588. The predicted molar refractivity (Wildman–Crippen MR) is 93.1 cm³/mol. The van der Waals surface area contributed by atoms with E-state index < -0.39 is 21.0 Å². The number of hydrogen-bond acceptors (Lipinski definition) is 3. The van der Waals surface area contributed by atoms with Gasteiger partial charge < -0.3 is 5.32 Å². The zero-order valence-corrected chi connectivity index (χ0v) is 15.2. The van der Waals surface area contributed by atoms with Crippen molar-refractivity contribution >= 4 is 27.3 Å². The second kappa shape index (κ2) is 7.67. The number of rotatable bonds is 5. The molecule has 0 unspecified atom stereocenters. The van der Waals surface area contributed by atoms with Crippen LogP contribution in [-0.2, 0) is 20.4 Å². The summed E-state index contributed by atoms with van der Waals surface area (Å²) in [5, 5.41) is 2.34. The highest BCUT2D eigenvalue weighted by molar-refractivity contribution is 7.92. The van der Waals surface area contributed by atoms with Crippen molar-refractivity contribution in [3.63, 3.8) is 0 Å². The van der Waals surface area contributed by atoms with Gasteiger partial charge in [-0.1, -0.05) is 30.7 Å². The largest absolute Gasteiger partial charge is 0.352 e. The number of carbonyl (C=O) groups excluding carboxylic acids is 1. The molecule has 0 aliphatic heterocycles. The third-order valence-corrected chi connectivity index (χ3v) is 6.79. The summed E-state index contributed by atoms with van der Waals surface area (Å²) < 4.78 is 24.9. The molecule has 0 aromatic heterocycles. The van der Waals surface area contributed by atoms with E-state index in [1.165, 1.54) is 6.92 Å². The molecule has 1 aliphatic carbocycles. The molecule has 1 aliphatic rings. The van der Waals surface area contributed by atoms with Gasteiger partial charge in [0.25, 0.3) is 0 Å². The van der Waals surface area contributed by atoms with Gasteiger partial charge in [0.15, 0.2) is 9.84 Å². The van der Waals surface area contributed by atoms with Crippen LogP contribution < -0.4 is 5.32 Å². The quantitative estimate of drug-likeness (QED) is 0.879. The minimum atomic E-state index is -3.56. The summed E-state index contributed by atoms with van der Waals surface area (Å²) in [5.41, 5.74) is 0.601. The molecule has 4 nitrogen and oxygen atoms in total. The maximum absolute atomic E-state index is 12.4. The summed E-state index contributed by atoms with van der Waals surface area (Å²) in [6.07, 6.45) is 4.01. The van der Waals surface area contributed by atoms with E-state index >= 15 is 0 Å². The highest BCUT2D eigenvalue weighted by Gasteiger charge is 2.30. The second-order valence-electron chi connectivity index (χ2n) is 6.54. The normalized spacial score (nSPS) is 23.3. The Hall–Kier alpha value is -1.07. The van der Waals surface area contributed by atoms with Crippen LogP contribution in [0.5, 0.6) is 0 Å². The van der Waals surface area contributed by atoms with Crippen LogP contribution in [0.1, 0.15) is 45.1 Å². The van der Waals surface area contributed by atoms with Crippen LogP contribution >= 0.6 is 11.6 Å². The Bertz CT molecular complexity index is 652. The standard InChI is InChI=1S/C17H24ClNO3S/c1-12-6-8-16(9-7-12)19-17(20)13(2)23(21,22)11-14-4-3-5-15(18)10-14/h3-5,10,12-13,16H,6-9,11H2,1-2H3,(H,19,20)/t12?,13-,16?/m0/s1. The van der Waals surface area contributed by atoms with Gasteiger partial charge in [0.05, 0.1) is 5.75 Å². The number of sulfone groups is 1. The van der Waals surface area contributed by atoms with Gasteiger partial charge in [0.1, 0.15) is 5.25 Å². The smallest absolute Gasteiger partial charge is 0.238 e. The maximum Gasteiger partial charge on any atom is 0.238 e. The van der Waals surface area contributed by atoms with Crippen LogP contribution in [0.4, 0.5) is 0 Å². The van der Waals surface area contributed by atoms with Crippen molar-refractivity contribution in [2.75, 3.05) is 0 Å². The van der Waals surface area contributed by atoms with Crippen LogP contribution in [-0.4, -0.2) is 25.6 Å². The van der Waals surface area contributed by atoms with E-state index in [1.54, 1.807) is 24.3 Å². The molecule has 1 aromatic rings. The molecule has 1 amide bonds. The molecule has 0 bridgehead atoms. The molecule has 0 heterocycles. The lowest BCUT2D eigenvalue weighted by atomic mass is 9.87. The first kappa shape index (κ1) is 18.3. The number of hydrogen-bond donors (Lipinski definition) is 1. The second-order valence-corrected chi connectivity index (χ2v) is 9.30. The number of carbonyl (C=O) groups is 1. The topological polar surface area (TPSA) is 63.2 Å². The molecule has 23 heavy (non-hydrogen) atoms. The summed E-state index contributed by atoms with van der Waals surface area (Å²) in [6.45, 7) is 3.66. The van der Waals surface area contributed by atoms with Gasteiger partial charge in [0.2, 0.25) is 5.91 Å². The van der Waals surface area contributed by atoms with Gasteiger partial charge in [-0.05, 0) is 56.2 Å². The molecule has 1 saturated carbocycles. The van der Waals surface area contributed by atoms with Crippen molar-refractivity contribution in [2.24, 2.45) is 5.92 Å². The van der Waals surface area contributed by atoms with Crippen LogP contribution in [0.15, 0.2) is 24.3 Å². The number of amides is 1. The fourth-order valence-corrected chi connectivity index (χ4v) is 4.37. The van der Waals surface area contributed by atoms with Crippen LogP contribution in [0.25, 0.3) is 0 Å². The van der Waals surface area contributed by atoms with E-state index in [2.05, 4.69) is 12.2 Å². The third kappa shape index (κ3) is 5.21. The van der Waals surface area contributed by atoms with Crippen molar-refractivity contribution < 1.29 is 13.2 Å². The molecule has 1 fully saturated rings. The Kier molecular flexibility index (Phi) is 6.09. The average molecular weight is 358 g/mol. The van der Waals surface area contributed by atoms with E-state index in [1.807, 2.05) is 0 Å². The lowest BCUT2D eigenvalue weighted by molar-refractivity contribution is -0.121. The van der Waals surface area contributed by atoms with Crippen molar-refractivity contribution in [1.29, 1.82) is 0 Å². The van der Waals surface area contributed by atoms with Crippen LogP contribution in [0.3, 0.4) is 0 Å². The molecule has 2 rings (SSSR count). The van der Waals surface area contributed by atoms with E-state index in [4.69, 9.17) is 11.6 Å². The number of benzene rings is 1. The Morgan fingerprint density at radius 1 is 1.30 bits per heavy atom. The zero-order chi connectivity index (χ0) is 17.0.